The van der Waals surface area contributed by atoms with Gasteiger partial charge in [0.2, 0.25) is 0 Å². The van der Waals surface area contributed by atoms with E-state index < -0.39 is 5.97 Å². The van der Waals surface area contributed by atoms with Gasteiger partial charge in [-0.25, -0.2) is 0 Å². The highest BCUT2D eigenvalue weighted by molar-refractivity contribution is 8.27. The van der Waals surface area contributed by atoms with Gasteiger partial charge in [-0.2, -0.15) is 0 Å². The molecule has 0 atom stereocenters. The number of aromatic carboxylic acids is 1. The molecule has 24 heavy (non-hydrogen) atoms. The molecule has 1 aliphatic rings. The summed E-state index contributed by atoms with van der Waals surface area (Å²) >= 11 is 12.3. The largest absolute Gasteiger partial charge is 0.545 e. The molecular formula is C17H9ClNO3S2-. The lowest BCUT2D eigenvalue weighted by Crippen LogP contribution is -2.28. The van der Waals surface area contributed by atoms with Crippen molar-refractivity contribution in [2.45, 2.75) is 0 Å². The summed E-state index contributed by atoms with van der Waals surface area (Å²) < 4.78 is 0.343. The van der Waals surface area contributed by atoms with Gasteiger partial charge in [-0.3, -0.25) is 9.69 Å². The van der Waals surface area contributed by atoms with Gasteiger partial charge in [0, 0.05) is 5.02 Å². The van der Waals surface area contributed by atoms with Crippen molar-refractivity contribution in [1.82, 2.24) is 0 Å². The first-order valence-electron chi connectivity index (χ1n) is 6.80. The van der Waals surface area contributed by atoms with Crippen LogP contribution in [0.25, 0.3) is 6.08 Å². The van der Waals surface area contributed by atoms with E-state index in [1.165, 1.54) is 17.0 Å². The number of carbonyl (C=O) groups excluding carboxylic acids is 2. The molecule has 1 aliphatic heterocycles. The fourth-order valence-electron chi connectivity index (χ4n) is 2.17. The Bertz CT molecular complexity index is 878. The number of rotatable bonds is 3. The van der Waals surface area contributed by atoms with Crippen LogP contribution in [-0.2, 0) is 4.79 Å². The fourth-order valence-corrected chi connectivity index (χ4v) is 3.60. The van der Waals surface area contributed by atoms with Crippen molar-refractivity contribution in [3.63, 3.8) is 0 Å². The molecule has 0 radical (unpaired) electrons. The number of anilines is 1. The lowest BCUT2D eigenvalue weighted by atomic mass is 10.2. The van der Waals surface area contributed by atoms with Crippen molar-refractivity contribution in [1.29, 1.82) is 0 Å². The highest BCUT2D eigenvalue weighted by Crippen LogP contribution is 2.36. The van der Waals surface area contributed by atoms with Crippen LogP contribution in [0.4, 0.5) is 5.69 Å². The van der Waals surface area contributed by atoms with Gasteiger partial charge < -0.3 is 9.90 Å². The first-order chi connectivity index (χ1) is 11.5. The van der Waals surface area contributed by atoms with E-state index in [1.807, 2.05) is 0 Å². The number of carboxylic acids is 1. The predicted octanol–water partition coefficient (Wildman–Crippen LogP) is 3.11. The number of thiocarbonyl (C=S) groups is 1. The summed E-state index contributed by atoms with van der Waals surface area (Å²) in [5.41, 5.74) is 1.21. The molecule has 0 aliphatic carbocycles. The number of benzene rings is 2. The molecule has 2 aromatic rings. The predicted molar refractivity (Wildman–Crippen MR) is 97.9 cm³/mol. The van der Waals surface area contributed by atoms with Crippen LogP contribution in [0.5, 0.6) is 0 Å². The minimum Gasteiger partial charge on any atom is -0.545 e. The summed E-state index contributed by atoms with van der Waals surface area (Å²) in [6, 6.07) is 13.0. The highest BCUT2D eigenvalue weighted by atomic mass is 35.5. The van der Waals surface area contributed by atoms with Crippen molar-refractivity contribution in [2.75, 3.05) is 4.90 Å². The lowest BCUT2D eigenvalue weighted by molar-refractivity contribution is -0.255. The smallest absolute Gasteiger partial charge is 0.270 e. The summed E-state index contributed by atoms with van der Waals surface area (Å²) in [6.07, 6.45) is 1.72. The maximum atomic E-state index is 12.6. The van der Waals surface area contributed by atoms with Crippen molar-refractivity contribution in [2.24, 2.45) is 0 Å². The van der Waals surface area contributed by atoms with E-state index in [4.69, 9.17) is 23.8 Å². The average molecular weight is 375 g/mol. The summed E-state index contributed by atoms with van der Waals surface area (Å²) in [6.45, 7) is 0. The van der Waals surface area contributed by atoms with Gasteiger partial charge in [-0.1, -0.05) is 59.8 Å². The second-order valence-corrected chi connectivity index (χ2v) is 7.02. The number of thioether (sulfide) groups is 1. The zero-order chi connectivity index (χ0) is 17.3. The third-order valence-electron chi connectivity index (χ3n) is 3.30. The van der Waals surface area contributed by atoms with Crippen LogP contribution in [0, 0.1) is 0 Å². The van der Waals surface area contributed by atoms with Crippen LogP contribution in [0.15, 0.2) is 53.4 Å². The van der Waals surface area contributed by atoms with Crippen molar-refractivity contribution < 1.29 is 14.7 Å². The molecule has 0 N–H and O–H groups in total. The second kappa shape index (κ2) is 6.76. The minimum absolute atomic E-state index is 0.0109. The summed E-state index contributed by atoms with van der Waals surface area (Å²) in [5, 5.41) is 11.6. The molecule has 120 valence electrons. The van der Waals surface area contributed by atoms with Crippen molar-refractivity contribution >= 4 is 63.5 Å². The van der Waals surface area contributed by atoms with Crippen LogP contribution >= 0.6 is 35.6 Å². The fraction of sp³-hybridized carbons (Fsp3) is 0. The number of hydrogen-bond donors (Lipinski definition) is 0. The number of nitrogens with zero attached hydrogens (tertiary/aromatic N) is 1. The van der Waals surface area contributed by atoms with E-state index in [2.05, 4.69) is 0 Å². The van der Waals surface area contributed by atoms with E-state index in [1.54, 1.807) is 42.5 Å². The van der Waals surface area contributed by atoms with Gasteiger partial charge in [0.15, 0.2) is 4.32 Å². The van der Waals surface area contributed by atoms with Gasteiger partial charge in [0.25, 0.3) is 5.91 Å². The van der Waals surface area contributed by atoms with Crippen molar-refractivity contribution in [3.05, 3.63) is 69.6 Å². The summed E-state index contributed by atoms with van der Waals surface area (Å²) in [7, 11) is 0. The normalized spacial score (nSPS) is 16.0. The molecule has 0 aromatic heterocycles. The molecule has 0 saturated carbocycles. The average Bonchev–Trinajstić information content (AvgIpc) is 2.83. The Labute approximate surface area is 152 Å². The first-order valence-corrected chi connectivity index (χ1v) is 8.41. The van der Waals surface area contributed by atoms with Gasteiger partial charge in [0.05, 0.1) is 16.6 Å². The van der Waals surface area contributed by atoms with E-state index >= 15 is 0 Å². The molecule has 1 heterocycles. The molecule has 3 rings (SSSR count). The number of hydrogen-bond acceptors (Lipinski definition) is 5. The Morgan fingerprint density at radius 2 is 1.92 bits per heavy atom. The number of halogens is 1. The molecule has 4 nitrogen and oxygen atoms in total. The monoisotopic (exact) mass is 374 g/mol. The van der Waals surface area contributed by atoms with Gasteiger partial charge in [-0.15, -0.1) is 0 Å². The second-order valence-electron chi connectivity index (χ2n) is 4.91. The third-order valence-corrected chi connectivity index (χ3v) is 4.86. The quantitative estimate of drug-likeness (QED) is 0.610. The van der Waals surface area contributed by atoms with Gasteiger partial charge in [-0.05, 0) is 41.5 Å². The lowest BCUT2D eigenvalue weighted by Gasteiger charge is -2.15. The summed E-state index contributed by atoms with van der Waals surface area (Å²) in [4.78, 5) is 25.4. The number of carbonyl (C=O) groups is 2. The Morgan fingerprint density at radius 3 is 2.58 bits per heavy atom. The van der Waals surface area contributed by atoms with E-state index in [0.29, 0.717) is 19.9 Å². The molecular weight excluding hydrogens is 366 g/mol. The minimum atomic E-state index is -1.31. The van der Waals surface area contributed by atoms with Crippen LogP contribution in [0.2, 0.25) is 5.02 Å². The standard InChI is InChI=1S/C17H10ClNO3S2/c18-12-6-4-10(5-7-12)8-14-15(20)19(17(23)24-14)13-3-1-2-11(9-13)16(21)22/h1-9H,(H,21,22)/p-1/b14-8-. The van der Waals surface area contributed by atoms with Crippen LogP contribution in [0.3, 0.4) is 0 Å². The molecule has 0 spiro atoms. The third kappa shape index (κ3) is 3.36. The van der Waals surface area contributed by atoms with Crippen molar-refractivity contribution in [3.8, 4) is 0 Å². The molecule has 2 aromatic carbocycles. The maximum absolute atomic E-state index is 12.6. The molecule has 1 amide bonds. The molecule has 0 bridgehead atoms. The zero-order valence-electron chi connectivity index (χ0n) is 12.1. The van der Waals surface area contributed by atoms with Gasteiger partial charge in [0.1, 0.15) is 0 Å². The molecule has 1 fully saturated rings. The Balaban J connectivity index is 1.93. The topological polar surface area (TPSA) is 60.4 Å². The zero-order valence-corrected chi connectivity index (χ0v) is 14.5. The summed E-state index contributed by atoms with van der Waals surface area (Å²) in [5.74, 6) is -1.60. The molecule has 0 unspecified atom stereocenters. The van der Waals surface area contributed by atoms with E-state index in [9.17, 15) is 14.7 Å². The SMILES string of the molecule is O=C([O-])c1cccc(N2C(=O)/C(=C/c3ccc(Cl)cc3)SC2=S)c1. The Hall–Kier alpha value is -2.15. The van der Waals surface area contributed by atoms with E-state index in [0.717, 1.165) is 17.3 Å². The van der Waals surface area contributed by atoms with Crippen LogP contribution < -0.4 is 10.0 Å². The maximum Gasteiger partial charge on any atom is 0.270 e. The first kappa shape index (κ1) is 16.7. The molecule has 7 heteroatoms. The highest BCUT2D eigenvalue weighted by Gasteiger charge is 2.33. The van der Waals surface area contributed by atoms with Crippen LogP contribution in [-0.4, -0.2) is 16.2 Å². The molecule has 1 saturated heterocycles. The number of carboxylic acid groups (broad SMARTS) is 1. The van der Waals surface area contributed by atoms with Gasteiger partial charge >= 0.3 is 0 Å². The van der Waals surface area contributed by atoms with Crippen LogP contribution in [0.1, 0.15) is 15.9 Å². The number of amides is 1. The van der Waals surface area contributed by atoms with E-state index in [-0.39, 0.29) is 11.5 Å². The Morgan fingerprint density at radius 1 is 1.21 bits per heavy atom. The Kier molecular flexibility index (Phi) is 4.71.